The molecule has 1 aliphatic heterocycles. The first-order valence-electron chi connectivity index (χ1n) is 15.4. The van der Waals surface area contributed by atoms with E-state index in [1.807, 2.05) is 22.8 Å². The summed E-state index contributed by atoms with van der Waals surface area (Å²) < 4.78 is 43.1. The van der Waals surface area contributed by atoms with Gasteiger partial charge in [-0.2, -0.15) is 10.5 Å². The van der Waals surface area contributed by atoms with Gasteiger partial charge in [-0.15, -0.1) is 0 Å². The summed E-state index contributed by atoms with van der Waals surface area (Å²) >= 11 is 0. The maximum Gasteiger partial charge on any atom is 0.335 e. The lowest BCUT2D eigenvalue weighted by Gasteiger charge is -2.32. The molecular formula is C35H35F2N5O4. The highest BCUT2D eigenvalue weighted by Crippen LogP contribution is 2.27. The Bertz CT molecular complexity index is 1770. The topological polar surface area (TPSA) is 124 Å². The molecular weight excluding hydrogens is 592 g/mol. The van der Waals surface area contributed by atoms with Crippen LogP contribution in [0.1, 0.15) is 72.3 Å². The fourth-order valence-electron chi connectivity index (χ4n) is 5.66. The van der Waals surface area contributed by atoms with Crippen LogP contribution in [0.2, 0.25) is 0 Å². The van der Waals surface area contributed by atoms with E-state index in [-0.39, 0.29) is 29.4 Å². The Morgan fingerprint density at radius 2 is 1.76 bits per heavy atom. The predicted molar refractivity (Wildman–Crippen MR) is 166 cm³/mol. The number of unbranched alkanes of at least 4 members (excludes halogenated alkanes) is 4. The lowest BCUT2D eigenvalue weighted by molar-refractivity contribution is 0.0696. The van der Waals surface area contributed by atoms with Gasteiger partial charge in [-0.05, 0) is 62.1 Å². The summed E-state index contributed by atoms with van der Waals surface area (Å²) in [7, 11) is 0. The Kier molecular flexibility index (Phi) is 10.8. The number of nitrogens with zero attached hydrogens (tertiary/aromatic N) is 5. The number of carbonyl (C=O) groups is 1. The van der Waals surface area contributed by atoms with E-state index in [9.17, 15) is 18.7 Å². The lowest BCUT2D eigenvalue weighted by Crippen LogP contribution is -2.38. The van der Waals surface area contributed by atoms with Crippen LogP contribution in [-0.4, -0.2) is 44.7 Å². The molecule has 0 saturated carbocycles. The maximum atomic E-state index is 14.9. The number of likely N-dealkylation sites (tertiary alicyclic amines) is 1. The minimum Gasteiger partial charge on any atom is -0.490 e. The molecule has 1 saturated heterocycles. The lowest BCUT2D eigenvalue weighted by atomic mass is 10.1. The van der Waals surface area contributed by atoms with Crippen molar-refractivity contribution >= 4 is 17.0 Å². The summed E-state index contributed by atoms with van der Waals surface area (Å²) in [4.78, 5) is 18.5. The van der Waals surface area contributed by atoms with Gasteiger partial charge in [0.2, 0.25) is 0 Å². The Morgan fingerprint density at radius 3 is 2.50 bits per heavy atom. The van der Waals surface area contributed by atoms with Crippen molar-refractivity contribution in [2.75, 3.05) is 13.1 Å². The second kappa shape index (κ2) is 15.3. The van der Waals surface area contributed by atoms with Crippen molar-refractivity contribution in [2.45, 2.75) is 70.7 Å². The number of nitriles is 2. The van der Waals surface area contributed by atoms with E-state index in [0.29, 0.717) is 47.9 Å². The second-order valence-corrected chi connectivity index (χ2v) is 11.4. The molecule has 1 aromatic heterocycles. The fourth-order valence-corrected chi connectivity index (χ4v) is 5.66. The third-order valence-electron chi connectivity index (χ3n) is 8.14. The van der Waals surface area contributed by atoms with Gasteiger partial charge in [0.15, 0.2) is 5.82 Å². The van der Waals surface area contributed by atoms with E-state index in [1.165, 1.54) is 12.1 Å². The molecule has 0 radical (unpaired) electrons. The zero-order valence-corrected chi connectivity index (χ0v) is 25.4. The Hall–Kier alpha value is -5.00. The van der Waals surface area contributed by atoms with E-state index in [4.69, 9.17) is 20.0 Å². The normalized spacial score (nSPS) is 13.7. The van der Waals surface area contributed by atoms with Gasteiger partial charge in [-0.25, -0.2) is 18.6 Å². The molecule has 0 aliphatic carbocycles. The van der Waals surface area contributed by atoms with Gasteiger partial charge < -0.3 is 19.1 Å². The summed E-state index contributed by atoms with van der Waals surface area (Å²) in [6.45, 7) is 2.56. The number of rotatable bonds is 14. The first-order valence-corrected chi connectivity index (χ1v) is 15.4. The zero-order valence-electron chi connectivity index (χ0n) is 25.4. The van der Waals surface area contributed by atoms with E-state index in [2.05, 4.69) is 16.0 Å². The van der Waals surface area contributed by atoms with Crippen LogP contribution in [0.5, 0.6) is 11.5 Å². The molecule has 4 aromatic rings. The molecule has 1 fully saturated rings. The molecule has 2 heterocycles. The second-order valence-electron chi connectivity index (χ2n) is 11.4. The molecule has 1 N–H and O–H groups in total. The summed E-state index contributed by atoms with van der Waals surface area (Å²) in [5.41, 5.74) is 1.15. The van der Waals surface area contributed by atoms with Gasteiger partial charge in [0.1, 0.15) is 41.4 Å². The minimum atomic E-state index is -1.19. The third kappa shape index (κ3) is 8.17. The molecule has 11 heteroatoms. The van der Waals surface area contributed by atoms with Crippen molar-refractivity contribution in [3.63, 3.8) is 0 Å². The molecule has 0 spiro atoms. The monoisotopic (exact) mass is 627 g/mol. The number of hydrogen-bond acceptors (Lipinski definition) is 7. The van der Waals surface area contributed by atoms with Crippen LogP contribution in [-0.2, 0) is 19.7 Å². The van der Waals surface area contributed by atoms with Crippen LogP contribution >= 0.6 is 0 Å². The standard InChI is InChI=1S/C35H35F2N5O4/c36-30-17-24(21-39)9-10-25(30)23-45-28-7-6-8-29(20-28)46-27-11-15-41(16-12-27)22-33-40-34-31(37)18-26(35(43)44)19-32(34)42(33)14-5-3-1-2-4-13-38/h6-10,17-20,27H,1-5,11-12,14-16,22-23H2,(H,43,44). The molecule has 238 valence electrons. The Labute approximate surface area is 266 Å². The number of aromatic nitrogens is 2. The molecule has 9 nitrogen and oxygen atoms in total. The first kappa shape index (κ1) is 32.4. The molecule has 0 bridgehead atoms. The summed E-state index contributed by atoms with van der Waals surface area (Å²) in [5.74, 6) is -0.443. The van der Waals surface area contributed by atoms with Crippen LogP contribution in [0.25, 0.3) is 11.0 Å². The Balaban J connectivity index is 1.19. The molecule has 5 rings (SSSR count). The number of piperidine rings is 1. The van der Waals surface area contributed by atoms with Crippen LogP contribution < -0.4 is 9.47 Å². The number of carboxylic acids is 1. The number of halogens is 2. The minimum absolute atomic E-state index is 0.0207. The molecule has 0 unspecified atom stereocenters. The third-order valence-corrected chi connectivity index (χ3v) is 8.14. The van der Waals surface area contributed by atoms with E-state index < -0.39 is 17.6 Å². The largest absolute Gasteiger partial charge is 0.490 e. The van der Waals surface area contributed by atoms with Crippen molar-refractivity contribution in [3.05, 3.63) is 88.7 Å². The molecule has 3 aromatic carbocycles. The Morgan fingerprint density at radius 1 is 0.978 bits per heavy atom. The number of carboxylic acid groups (broad SMARTS) is 1. The van der Waals surface area contributed by atoms with E-state index in [1.54, 1.807) is 24.3 Å². The van der Waals surface area contributed by atoms with Crippen molar-refractivity contribution in [3.8, 4) is 23.6 Å². The van der Waals surface area contributed by atoms with Gasteiger partial charge in [-0.1, -0.05) is 25.0 Å². The zero-order chi connectivity index (χ0) is 32.5. The highest BCUT2D eigenvalue weighted by Gasteiger charge is 2.24. The van der Waals surface area contributed by atoms with Crippen molar-refractivity contribution < 1.29 is 28.2 Å². The number of aryl methyl sites for hydroxylation is 1. The van der Waals surface area contributed by atoms with Crippen LogP contribution in [0, 0.1) is 34.3 Å². The van der Waals surface area contributed by atoms with Gasteiger partial charge in [0, 0.05) is 37.7 Å². The number of ether oxygens (including phenoxy) is 2. The first-order chi connectivity index (χ1) is 22.3. The molecule has 46 heavy (non-hydrogen) atoms. The van der Waals surface area contributed by atoms with Crippen LogP contribution in [0.3, 0.4) is 0 Å². The van der Waals surface area contributed by atoms with Gasteiger partial charge in [0.05, 0.1) is 35.3 Å². The average molecular weight is 628 g/mol. The van der Waals surface area contributed by atoms with E-state index >= 15 is 0 Å². The van der Waals surface area contributed by atoms with Crippen molar-refractivity contribution in [1.82, 2.24) is 14.5 Å². The maximum absolute atomic E-state index is 14.9. The van der Waals surface area contributed by atoms with Crippen molar-refractivity contribution in [2.24, 2.45) is 0 Å². The predicted octanol–water partition coefficient (Wildman–Crippen LogP) is 6.98. The van der Waals surface area contributed by atoms with Gasteiger partial charge in [0.25, 0.3) is 0 Å². The summed E-state index contributed by atoms with van der Waals surface area (Å²) in [6.07, 6.45) is 5.49. The SMILES string of the molecule is N#CCCCCCCn1c(CN2CCC(Oc3cccc(OCc4ccc(C#N)cc4F)c3)CC2)nc2c(F)cc(C(=O)O)cc21. The number of fused-ring (bicyclic) bond motifs is 1. The molecule has 0 amide bonds. The van der Waals surface area contributed by atoms with Crippen LogP contribution in [0.4, 0.5) is 8.78 Å². The van der Waals surface area contributed by atoms with E-state index in [0.717, 1.165) is 57.7 Å². The smallest absolute Gasteiger partial charge is 0.335 e. The van der Waals surface area contributed by atoms with Gasteiger partial charge in [-0.3, -0.25) is 4.90 Å². The quantitative estimate of drug-likeness (QED) is 0.149. The fraction of sp³-hybridized carbons (Fsp3) is 0.371. The number of aromatic carboxylic acids is 1. The van der Waals surface area contributed by atoms with Crippen molar-refractivity contribution in [1.29, 1.82) is 10.5 Å². The molecule has 0 atom stereocenters. The number of imidazole rings is 1. The highest BCUT2D eigenvalue weighted by atomic mass is 19.1. The molecule has 1 aliphatic rings. The van der Waals surface area contributed by atoms with Crippen LogP contribution in [0.15, 0.2) is 54.6 Å². The number of benzene rings is 3. The number of hydrogen-bond donors (Lipinski definition) is 1. The average Bonchev–Trinajstić information content (AvgIpc) is 3.40. The highest BCUT2D eigenvalue weighted by molar-refractivity contribution is 5.92. The van der Waals surface area contributed by atoms with Gasteiger partial charge >= 0.3 is 5.97 Å². The summed E-state index contributed by atoms with van der Waals surface area (Å²) in [5, 5.41) is 27.2. The summed E-state index contributed by atoms with van der Waals surface area (Å²) in [6, 6.07) is 18.1.